The van der Waals surface area contributed by atoms with Crippen LogP contribution in [0.15, 0.2) is 55.0 Å². The maximum absolute atomic E-state index is 13.7. The molecule has 1 aliphatic rings. The van der Waals surface area contributed by atoms with E-state index in [0.717, 1.165) is 29.8 Å². The maximum atomic E-state index is 13.7. The number of ether oxygens (including phenoxy) is 1. The van der Waals surface area contributed by atoms with Gasteiger partial charge in [-0.2, -0.15) is 0 Å². The number of sulfone groups is 1. The topological polar surface area (TPSA) is 113 Å². The monoisotopic (exact) mass is 552 g/mol. The number of nitrogens with zero attached hydrogens (tertiary/aromatic N) is 6. The van der Waals surface area contributed by atoms with Crippen molar-refractivity contribution in [1.29, 1.82) is 0 Å². The van der Waals surface area contributed by atoms with Crippen LogP contribution in [0.3, 0.4) is 0 Å². The Morgan fingerprint density at radius 1 is 1.05 bits per heavy atom. The van der Waals surface area contributed by atoms with Crippen LogP contribution in [-0.4, -0.2) is 50.5 Å². The second-order valence-corrected chi connectivity index (χ2v) is 12.6. The first kappa shape index (κ1) is 26.2. The van der Waals surface area contributed by atoms with Crippen molar-refractivity contribution in [3.63, 3.8) is 0 Å². The molecule has 0 amide bonds. The molecule has 0 radical (unpaired) electrons. The molecule has 5 rings (SSSR count). The van der Waals surface area contributed by atoms with Gasteiger partial charge in [0.25, 0.3) is 0 Å². The highest BCUT2D eigenvalue weighted by molar-refractivity contribution is 7.91. The second kappa shape index (κ2) is 10.1. The van der Waals surface area contributed by atoms with Crippen LogP contribution in [0.2, 0.25) is 5.02 Å². The van der Waals surface area contributed by atoms with Crippen molar-refractivity contribution >= 4 is 21.4 Å². The van der Waals surface area contributed by atoms with Gasteiger partial charge in [0.2, 0.25) is 0 Å². The zero-order chi connectivity index (χ0) is 27.1. The number of aryl methyl sites for hydroxylation is 1. The van der Waals surface area contributed by atoms with Crippen molar-refractivity contribution in [3.8, 4) is 11.4 Å². The van der Waals surface area contributed by atoms with Gasteiger partial charge in [-0.15, -0.1) is 10.2 Å². The van der Waals surface area contributed by atoms with Gasteiger partial charge < -0.3 is 4.74 Å². The lowest BCUT2D eigenvalue weighted by Crippen LogP contribution is -2.28. The molecule has 1 aromatic carbocycles. The minimum Gasteiger partial charge on any atom is -0.495 e. The van der Waals surface area contributed by atoms with E-state index in [-0.39, 0.29) is 5.75 Å². The Hall–Kier alpha value is -3.37. The van der Waals surface area contributed by atoms with Gasteiger partial charge >= 0.3 is 0 Å². The third-order valence-electron chi connectivity index (χ3n) is 7.36. The molecule has 1 saturated carbocycles. The van der Waals surface area contributed by atoms with Crippen molar-refractivity contribution in [2.75, 3.05) is 7.11 Å². The SMILES string of the molecule is COc1cccc(C)c1-n1c(CS(=O)(=O)[C@@H](C)[C@H](C)c2ncc(Cl)cn2)nnc1C1(c2ccccn2)CC1. The molecule has 0 N–H and O–H groups in total. The van der Waals surface area contributed by atoms with E-state index in [4.69, 9.17) is 16.3 Å². The Morgan fingerprint density at radius 2 is 1.79 bits per heavy atom. The van der Waals surface area contributed by atoms with E-state index in [9.17, 15) is 8.42 Å². The molecule has 0 unspecified atom stereocenters. The molecule has 38 heavy (non-hydrogen) atoms. The first-order chi connectivity index (χ1) is 18.2. The first-order valence-corrected chi connectivity index (χ1v) is 14.5. The average Bonchev–Trinajstić information content (AvgIpc) is 3.63. The minimum atomic E-state index is -3.70. The van der Waals surface area contributed by atoms with Gasteiger partial charge in [-0.05, 0) is 50.5 Å². The average molecular weight is 553 g/mol. The zero-order valence-corrected chi connectivity index (χ0v) is 23.2. The van der Waals surface area contributed by atoms with E-state index >= 15 is 0 Å². The van der Waals surface area contributed by atoms with Crippen molar-refractivity contribution in [2.24, 2.45) is 0 Å². The van der Waals surface area contributed by atoms with Gasteiger partial charge in [0.15, 0.2) is 15.7 Å². The molecule has 3 aromatic heterocycles. The van der Waals surface area contributed by atoms with Gasteiger partial charge in [-0.25, -0.2) is 18.4 Å². The van der Waals surface area contributed by atoms with Crippen LogP contribution < -0.4 is 4.74 Å². The van der Waals surface area contributed by atoms with Crippen molar-refractivity contribution < 1.29 is 13.2 Å². The Bertz CT molecular complexity index is 1550. The lowest BCUT2D eigenvalue weighted by atomic mass is 10.00. The number of aromatic nitrogens is 6. The Balaban J connectivity index is 1.60. The van der Waals surface area contributed by atoms with Crippen LogP contribution in [-0.2, 0) is 21.0 Å². The van der Waals surface area contributed by atoms with Gasteiger partial charge in [0.05, 0.1) is 34.2 Å². The minimum absolute atomic E-state index is 0.311. The summed E-state index contributed by atoms with van der Waals surface area (Å²) < 4.78 is 35.1. The number of pyridine rings is 1. The number of rotatable bonds is 9. The number of benzene rings is 1. The van der Waals surface area contributed by atoms with E-state index in [0.29, 0.717) is 28.2 Å². The third kappa shape index (κ3) is 4.67. The molecule has 0 aliphatic heterocycles. The summed E-state index contributed by atoms with van der Waals surface area (Å²) in [4.78, 5) is 13.1. The summed E-state index contributed by atoms with van der Waals surface area (Å²) in [5.41, 5.74) is 2.08. The molecule has 0 spiro atoms. The summed E-state index contributed by atoms with van der Waals surface area (Å²) >= 11 is 5.92. The molecule has 9 nitrogen and oxygen atoms in total. The van der Waals surface area contributed by atoms with Crippen LogP contribution in [0.1, 0.15) is 61.3 Å². The normalized spacial score (nSPS) is 16.1. The summed E-state index contributed by atoms with van der Waals surface area (Å²) in [6, 6.07) is 11.5. The number of hydrogen-bond acceptors (Lipinski definition) is 8. The quantitative estimate of drug-likeness (QED) is 0.296. The molecule has 0 bridgehead atoms. The Kier molecular flexibility index (Phi) is 6.96. The lowest BCUT2D eigenvalue weighted by Gasteiger charge is -2.22. The molecule has 1 fully saturated rings. The van der Waals surface area contributed by atoms with Crippen molar-refractivity contribution in [2.45, 2.75) is 55.9 Å². The molecule has 11 heteroatoms. The van der Waals surface area contributed by atoms with E-state index in [1.807, 2.05) is 47.9 Å². The van der Waals surface area contributed by atoms with Crippen LogP contribution >= 0.6 is 11.6 Å². The standard InChI is InChI=1S/C27H29ClN6O3S/c1-17-8-7-9-21(37-4)24(17)34-23(32-33-26(34)27(11-12-27)22-10-5-6-13-29-22)16-38(35,36)19(3)18(2)25-30-14-20(28)15-31-25/h5-10,13-15,18-19H,11-12,16H2,1-4H3/t18-,19-/m0/s1. The lowest BCUT2D eigenvalue weighted by molar-refractivity contribution is 0.411. The van der Waals surface area contributed by atoms with Crippen LogP contribution in [0, 0.1) is 6.92 Å². The molecule has 198 valence electrons. The fourth-order valence-corrected chi connectivity index (χ4v) is 6.44. The zero-order valence-electron chi connectivity index (χ0n) is 21.7. The van der Waals surface area contributed by atoms with E-state index in [2.05, 4.69) is 25.1 Å². The molecule has 4 aromatic rings. The number of halogens is 1. The molecule has 1 aliphatic carbocycles. The predicted molar refractivity (Wildman–Crippen MR) is 144 cm³/mol. The Labute approximate surface area is 227 Å². The first-order valence-electron chi connectivity index (χ1n) is 12.4. The summed E-state index contributed by atoms with van der Waals surface area (Å²) in [5.74, 6) is 1.25. The fraction of sp³-hybridized carbons (Fsp3) is 0.370. The van der Waals surface area contributed by atoms with Crippen LogP contribution in [0.4, 0.5) is 0 Å². The number of hydrogen-bond donors (Lipinski definition) is 0. The van der Waals surface area contributed by atoms with Crippen molar-refractivity contribution in [3.05, 3.63) is 88.7 Å². The summed E-state index contributed by atoms with van der Waals surface area (Å²) in [5, 5.41) is 8.66. The smallest absolute Gasteiger partial charge is 0.160 e. The fourth-order valence-electron chi connectivity index (χ4n) is 4.79. The summed E-state index contributed by atoms with van der Waals surface area (Å²) in [7, 11) is -2.11. The molecular weight excluding hydrogens is 524 g/mol. The largest absolute Gasteiger partial charge is 0.495 e. The maximum Gasteiger partial charge on any atom is 0.160 e. The van der Waals surface area contributed by atoms with Gasteiger partial charge in [-0.3, -0.25) is 9.55 Å². The predicted octanol–water partition coefficient (Wildman–Crippen LogP) is 4.61. The molecule has 3 heterocycles. The highest BCUT2D eigenvalue weighted by Crippen LogP contribution is 2.53. The van der Waals surface area contributed by atoms with Crippen LogP contribution in [0.5, 0.6) is 5.75 Å². The third-order valence-corrected chi connectivity index (χ3v) is 9.75. The highest BCUT2D eigenvalue weighted by Gasteiger charge is 2.52. The van der Waals surface area contributed by atoms with Gasteiger partial charge in [0, 0.05) is 24.5 Å². The number of para-hydroxylation sites is 1. The van der Waals surface area contributed by atoms with Gasteiger partial charge in [-0.1, -0.05) is 36.7 Å². The summed E-state index contributed by atoms with van der Waals surface area (Å²) in [6.45, 7) is 5.43. The van der Waals surface area contributed by atoms with E-state index in [1.165, 1.54) is 12.4 Å². The summed E-state index contributed by atoms with van der Waals surface area (Å²) in [6.07, 6.45) is 6.38. The second-order valence-electron chi connectivity index (χ2n) is 9.76. The molecule has 0 saturated heterocycles. The van der Waals surface area contributed by atoms with Gasteiger partial charge in [0.1, 0.15) is 23.2 Å². The number of methoxy groups -OCH3 is 1. The van der Waals surface area contributed by atoms with Crippen LogP contribution in [0.25, 0.3) is 5.69 Å². The van der Waals surface area contributed by atoms with E-state index in [1.54, 1.807) is 27.2 Å². The Morgan fingerprint density at radius 3 is 2.42 bits per heavy atom. The molecule has 2 atom stereocenters. The highest BCUT2D eigenvalue weighted by atomic mass is 35.5. The molecular formula is C27H29ClN6O3S. The van der Waals surface area contributed by atoms with Crippen molar-refractivity contribution in [1.82, 2.24) is 29.7 Å². The van der Waals surface area contributed by atoms with E-state index < -0.39 is 26.4 Å².